The first-order valence-corrected chi connectivity index (χ1v) is 5.28. The van der Waals surface area contributed by atoms with Gasteiger partial charge in [-0.15, -0.1) is 0 Å². The number of nitrogens with two attached hydrogens (primary N) is 1. The standard InChI is InChI=1S/C10H17N3O2/c1-6(2)8-12-9(13-15-8)10(11)4-5-14-7(10)3/h6-7H,4-5,11H2,1-3H3. The molecule has 0 aromatic carbocycles. The van der Waals surface area contributed by atoms with E-state index in [2.05, 4.69) is 10.1 Å². The number of hydrogen-bond acceptors (Lipinski definition) is 5. The summed E-state index contributed by atoms with van der Waals surface area (Å²) in [4.78, 5) is 4.33. The maximum absolute atomic E-state index is 6.23. The van der Waals surface area contributed by atoms with Crippen LogP contribution < -0.4 is 5.73 Å². The van der Waals surface area contributed by atoms with E-state index in [1.165, 1.54) is 0 Å². The predicted molar refractivity (Wildman–Crippen MR) is 54.3 cm³/mol. The number of rotatable bonds is 2. The van der Waals surface area contributed by atoms with Crippen LogP contribution in [0.1, 0.15) is 44.8 Å². The van der Waals surface area contributed by atoms with Crippen LogP contribution in [0.4, 0.5) is 0 Å². The van der Waals surface area contributed by atoms with E-state index in [0.717, 1.165) is 6.42 Å². The van der Waals surface area contributed by atoms with E-state index in [-0.39, 0.29) is 12.0 Å². The summed E-state index contributed by atoms with van der Waals surface area (Å²) in [7, 11) is 0. The van der Waals surface area contributed by atoms with Gasteiger partial charge >= 0.3 is 0 Å². The summed E-state index contributed by atoms with van der Waals surface area (Å²) in [6, 6.07) is 0. The van der Waals surface area contributed by atoms with Gasteiger partial charge in [0.15, 0.2) is 5.82 Å². The van der Waals surface area contributed by atoms with Gasteiger partial charge in [-0.3, -0.25) is 0 Å². The van der Waals surface area contributed by atoms with Crippen molar-refractivity contribution in [2.75, 3.05) is 6.61 Å². The average molecular weight is 211 g/mol. The van der Waals surface area contributed by atoms with Gasteiger partial charge < -0.3 is 15.0 Å². The van der Waals surface area contributed by atoms with E-state index in [4.69, 9.17) is 15.0 Å². The minimum Gasteiger partial charge on any atom is -0.376 e. The number of ether oxygens (including phenoxy) is 1. The first-order chi connectivity index (χ1) is 7.04. The molecule has 0 spiro atoms. The molecule has 2 unspecified atom stereocenters. The minimum atomic E-state index is -0.587. The molecule has 2 atom stereocenters. The molecule has 1 aliphatic heterocycles. The summed E-state index contributed by atoms with van der Waals surface area (Å²) in [6.07, 6.45) is 0.681. The number of aromatic nitrogens is 2. The zero-order valence-electron chi connectivity index (χ0n) is 9.36. The van der Waals surface area contributed by atoms with Crippen LogP contribution in [0.3, 0.4) is 0 Å². The molecule has 5 nitrogen and oxygen atoms in total. The first-order valence-electron chi connectivity index (χ1n) is 5.28. The van der Waals surface area contributed by atoms with E-state index >= 15 is 0 Å². The molecule has 2 rings (SSSR count). The molecule has 0 aliphatic carbocycles. The molecule has 15 heavy (non-hydrogen) atoms. The van der Waals surface area contributed by atoms with E-state index in [0.29, 0.717) is 18.3 Å². The lowest BCUT2D eigenvalue weighted by Crippen LogP contribution is -2.43. The van der Waals surface area contributed by atoms with Crippen molar-refractivity contribution in [2.24, 2.45) is 5.73 Å². The molecule has 1 saturated heterocycles. The maximum atomic E-state index is 6.23. The van der Waals surface area contributed by atoms with Crippen LogP contribution in [0.15, 0.2) is 4.52 Å². The Kier molecular flexibility index (Phi) is 2.52. The predicted octanol–water partition coefficient (Wildman–Crippen LogP) is 1.16. The third-order valence-electron chi connectivity index (χ3n) is 2.96. The Labute approximate surface area is 89.0 Å². The van der Waals surface area contributed by atoms with Crippen molar-refractivity contribution >= 4 is 0 Å². The molecule has 1 aromatic heterocycles. The smallest absolute Gasteiger partial charge is 0.229 e. The SMILES string of the molecule is CC(C)c1nc(C2(N)CCOC2C)no1. The fourth-order valence-corrected chi connectivity index (χ4v) is 1.71. The Bertz CT molecular complexity index is 350. The van der Waals surface area contributed by atoms with Crippen LogP contribution in [0.2, 0.25) is 0 Å². The molecule has 0 amide bonds. The zero-order valence-corrected chi connectivity index (χ0v) is 9.36. The second-order valence-electron chi connectivity index (χ2n) is 4.41. The molecular weight excluding hydrogens is 194 g/mol. The summed E-state index contributed by atoms with van der Waals surface area (Å²) in [5.41, 5.74) is 5.64. The fourth-order valence-electron chi connectivity index (χ4n) is 1.71. The van der Waals surface area contributed by atoms with Crippen LogP contribution in [0.5, 0.6) is 0 Å². The Hall–Kier alpha value is -0.940. The lowest BCUT2D eigenvalue weighted by Gasteiger charge is -2.22. The molecule has 2 N–H and O–H groups in total. The summed E-state index contributed by atoms with van der Waals surface area (Å²) in [5, 5.41) is 3.95. The fraction of sp³-hybridized carbons (Fsp3) is 0.800. The van der Waals surface area contributed by atoms with Gasteiger partial charge in [0, 0.05) is 12.5 Å². The molecule has 5 heteroatoms. The van der Waals surface area contributed by atoms with Crippen LogP contribution in [-0.4, -0.2) is 22.9 Å². The van der Waals surface area contributed by atoms with E-state index in [1.807, 2.05) is 20.8 Å². The summed E-state index contributed by atoms with van der Waals surface area (Å²) >= 11 is 0. The quantitative estimate of drug-likeness (QED) is 0.794. The molecule has 1 aromatic rings. The Morgan fingerprint density at radius 3 is 2.73 bits per heavy atom. The third-order valence-corrected chi connectivity index (χ3v) is 2.96. The third kappa shape index (κ3) is 1.66. The van der Waals surface area contributed by atoms with E-state index in [9.17, 15) is 0 Å². The number of nitrogens with zero attached hydrogens (tertiary/aromatic N) is 2. The molecule has 2 heterocycles. The molecule has 1 aliphatic rings. The average Bonchev–Trinajstić information content (AvgIpc) is 2.75. The Morgan fingerprint density at radius 2 is 2.27 bits per heavy atom. The monoisotopic (exact) mass is 211 g/mol. The van der Waals surface area contributed by atoms with Gasteiger partial charge in [0.25, 0.3) is 0 Å². The van der Waals surface area contributed by atoms with Gasteiger partial charge in [0.1, 0.15) is 5.54 Å². The van der Waals surface area contributed by atoms with Crippen LogP contribution in [-0.2, 0) is 10.3 Å². The highest BCUT2D eigenvalue weighted by Crippen LogP contribution is 2.31. The first kappa shape index (κ1) is 10.6. The van der Waals surface area contributed by atoms with Crippen molar-refractivity contribution < 1.29 is 9.26 Å². The maximum Gasteiger partial charge on any atom is 0.229 e. The van der Waals surface area contributed by atoms with E-state index < -0.39 is 5.54 Å². The van der Waals surface area contributed by atoms with Gasteiger partial charge in [-0.25, -0.2) is 0 Å². The van der Waals surface area contributed by atoms with Crippen molar-refractivity contribution in [3.8, 4) is 0 Å². The lowest BCUT2D eigenvalue weighted by molar-refractivity contribution is 0.0918. The van der Waals surface area contributed by atoms with Gasteiger partial charge in [-0.2, -0.15) is 4.98 Å². The Balaban J connectivity index is 2.28. The lowest BCUT2D eigenvalue weighted by atomic mass is 9.93. The van der Waals surface area contributed by atoms with Crippen LogP contribution in [0, 0.1) is 0 Å². The summed E-state index contributed by atoms with van der Waals surface area (Å²) < 4.78 is 10.6. The summed E-state index contributed by atoms with van der Waals surface area (Å²) in [6.45, 7) is 6.62. The van der Waals surface area contributed by atoms with Crippen LogP contribution in [0.25, 0.3) is 0 Å². The molecule has 0 bridgehead atoms. The molecular formula is C10H17N3O2. The van der Waals surface area contributed by atoms with Crippen molar-refractivity contribution in [1.29, 1.82) is 0 Å². The molecule has 1 fully saturated rings. The van der Waals surface area contributed by atoms with Crippen molar-refractivity contribution in [3.63, 3.8) is 0 Å². The topological polar surface area (TPSA) is 74.2 Å². The van der Waals surface area contributed by atoms with Gasteiger partial charge in [0.2, 0.25) is 5.89 Å². The zero-order chi connectivity index (χ0) is 11.1. The largest absolute Gasteiger partial charge is 0.376 e. The second-order valence-corrected chi connectivity index (χ2v) is 4.41. The van der Waals surface area contributed by atoms with Crippen molar-refractivity contribution in [3.05, 3.63) is 11.7 Å². The van der Waals surface area contributed by atoms with Gasteiger partial charge in [0.05, 0.1) is 6.10 Å². The normalized spacial score (nSPS) is 31.4. The Morgan fingerprint density at radius 1 is 1.53 bits per heavy atom. The highest BCUT2D eigenvalue weighted by Gasteiger charge is 2.43. The second kappa shape index (κ2) is 3.57. The van der Waals surface area contributed by atoms with E-state index in [1.54, 1.807) is 0 Å². The minimum absolute atomic E-state index is 0.0601. The van der Waals surface area contributed by atoms with Gasteiger partial charge in [-0.1, -0.05) is 19.0 Å². The van der Waals surface area contributed by atoms with Crippen molar-refractivity contribution in [2.45, 2.75) is 44.8 Å². The van der Waals surface area contributed by atoms with Crippen LogP contribution >= 0.6 is 0 Å². The molecule has 84 valence electrons. The molecule has 0 radical (unpaired) electrons. The number of hydrogen-bond donors (Lipinski definition) is 1. The summed E-state index contributed by atoms with van der Waals surface area (Å²) in [5.74, 6) is 1.43. The highest BCUT2D eigenvalue weighted by molar-refractivity contribution is 5.10. The van der Waals surface area contributed by atoms with Gasteiger partial charge in [-0.05, 0) is 13.3 Å². The highest BCUT2D eigenvalue weighted by atomic mass is 16.5. The van der Waals surface area contributed by atoms with Crippen molar-refractivity contribution in [1.82, 2.24) is 10.1 Å². The molecule has 0 saturated carbocycles.